The summed E-state index contributed by atoms with van der Waals surface area (Å²) in [5.74, 6) is 1.63. The summed E-state index contributed by atoms with van der Waals surface area (Å²) in [4.78, 5) is 10.7. The standard InChI is InChI=1S/C19H22ClN3O3/c1-12-13(2)21-19(20)22-18(12)23-7-5-14(6-8-23)26-15-3-4-16-17(11-15)25-10-9-24-16/h3-4,11,14H,5-10H2,1-2H3/i9D2,10D2. The minimum atomic E-state index is -2.60. The molecular weight excluding hydrogens is 354 g/mol. The summed E-state index contributed by atoms with van der Waals surface area (Å²) in [5.41, 5.74) is 1.88. The van der Waals surface area contributed by atoms with Gasteiger partial charge in [0.15, 0.2) is 11.5 Å². The van der Waals surface area contributed by atoms with Crippen molar-refractivity contribution < 1.29 is 19.7 Å². The smallest absolute Gasteiger partial charge is 0.224 e. The summed E-state index contributed by atoms with van der Waals surface area (Å²) < 4.78 is 47.1. The number of aryl methyl sites for hydroxylation is 1. The summed E-state index contributed by atoms with van der Waals surface area (Å²) in [6, 6.07) is 4.73. The van der Waals surface area contributed by atoms with Crippen LogP contribution in [0, 0.1) is 13.8 Å². The Labute approximate surface area is 163 Å². The van der Waals surface area contributed by atoms with Crippen LogP contribution in [0.15, 0.2) is 18.2 Å². The van der Waals surface area contributed by atoms with Crippen molar-refractivity contribution in [3.63, 3.8) is 0 Å². The molecule has 2 aromatic rings. The predicted octanol–water partition coefficient (Wildman–Crippen LogP) is 3.57. The molecule has 138 valence electrons. The van der Waals surface area contributed by atoms with E-state index < -0.39 is 13.1 Å². The molecule has 0 bridgehead atoms. The molecule has 0 N–H and O–H groups in total. The van der Waals surface area contributed by atoms with Gasteiger partial charge in [0.1, 0.15) is 30.8 Å². The van der Waals surface area contributed by atoms with E-state index in [9.17, 15) is 0 Å². The lowest BCUT2D eigenvalue weighted by Crippen LogP contribution is -2.39. The molecule has 0 amide bonds. The first-order valence-corrected chi connectivity index (χ1v) is 8.88. The van der Waals surface area contributed by atoms with Crippen molar-refractivity contribution in [2.75, 3.05) is 31.1 Å². The second kappa shape index (κ2) is 7.19. The topological polar surface area (TPSA) is 56.7 Å². The average Bonchev–Trinajstić information content (AvgIpc) is 2.66. The molecule has 7 heteroatoms. The van der Waals surface area contributed by atoms with Gasteiger partial charge in [-0.15, -0.1) is 0 Å². The Morgan fingerprint density at radius 2 is 1.88 bits per heavy atom. The van der Waals surface area contributed by atoms with Crippen LogP contribution in [0.4, 0.5) is 5.82 Å². The van der Waals surface area contributed by atoms with Crippen molar-refractivity contribution in [2.24, 2.45) is 0 Å². The van der Waals surface area contributed by atoms with Crippen LogP contribution >= 0.6 is 11.6 Å². The Kier molecular flexibility index (Phi) is 3.61. The third-order valence-corrected chi connectivity index (χ3v) is 4.83. The lowest BCUT2D eigenvalue weighted by Gasteiger charge is -2.34. The van der Waals surface area contributed by atoms with E-state index in [0.29, 0.717) is 5.75 Å². The van der Waals surface area contributed by atoms with Crippen molar-refractivity contribution in [3.8, 4) is 17.2 Å². The lowest BCUT2D eigenvalue weighted by molar-refractivity contribution is 0.159. The van der Waals surface area contributed by atoms with Crippen LogP contribution in [0.2, 0.25) is 5.28 Å². The van der Waals surface area contributed by atoms with Crippen molar-refractivity contribution in [1.29, 1.82) is 0 Å². The van der Waals surface area contributed by atoms with Crippen molar-refractivity contribution in [1.82, 2.24) is 9.97 Å². The highest BCUT2D eigenvalue weighted by atomic mass is 35.5. The van der Waals surface area contributed by atoms with E-state index in [1.54, 1.807) is 6.07 Å². The molecule has 1 aromatic carbocycles. The summed E-state index contributed by atoms with van der Waals surface area (Å²) in [5, 5.41) is 0.243. The fraction of sp³-hybridized carbons (Fsp3) is 0.474. The van der Waals surface area contributed by atoms with Gasteiger partial charge in [-0.05, 0) is 37.6 Å². The zero-order valence-electron chi connectivity index (χ0n) is 18.6. The SMILES string of the molecule is [2H]C1([2H])Oc2ccc(OC3CCN(c4nc(Cl)nc(C)c4C)CC3)cc2OC1([2H])[2H]. The Morgan fingerprint density at radius 3 is 2.65 bits per heavy atom. The van der Waals surface area contributed by atoms with Crippen LogP contribution in [0.25, 0.3) is 0 Å². The van der Waals surface area contributed by atoms with Crippen LogP contribution in [0.3, 0.4) is 0 Å². The van der Waals surface area contributed by atoms with E-state index in [1.807, 2.05) is 13.8 Å². The number of aromatic nitrogens is 2. The first-order valence-electron chi connectivity index (χ1n) is 10.5. The number of hydrogen-bond acceptors (Lipinski definition) is 6. The number of halogens is 1. The van der Waals surface area contributed by atoms with E-state index in [4.69, 9.17) is 31.3 Å². The molecule has 0 unspecified atom stereocenters. The molecular formula is C19H22ClN3O3. The molecule has 1 aromatic heterocycles. The molecule has 2 aliphatic rings. The van der Waals surface area contributed by atoms with Crippen LogP contribution in [0.1, 0.15) is 29.6 Å². The van der Waals surface area contributed by atoms with Crippen LogP contribution in [-0.2, 0) is 0 Å². The number of piperidine rings is 1. The average molecular weight is 380 g/mol. The maximum atomic E-state index is 7.71. The molecule has 1 fully saturated rings. The largest absolute Gasteiger partial charge is 0.490 e. The molecule has 0 saturated carbocycles. The van der Waals surface area contributed by atoms with Gasteiger partial charge in [-0.3, -0.25) is 0 Å². The van der Waals surface area contributed by atoms with E-state index in [-0.39, 0.29) is 22.9 Å². The molecule has 3 heterocycles. The van der Waals surface area contributed by atoms with Crippen LogP contribution < -0.4 is 19.1 Å². The summed E-state index contributed by atoms with van der Waals surface area (Å²) in [6.45, 7) is 0.239. The normalized spacial score (nSPS) is 23.4. The van der Waals surface area contributed by atoms with E-state index >= 15 is 0 Å². The molecule has 4 rings (SSSR count). The van der Waals surface area contributed by atoms with Crippen LogP contribution in [0.5, 0.6) is 17.2 Å². The molecule has 0 spiro atoms. The highest BCUT2D eigenvalue weighted by molar-refractivity contribution is 6.28. The molecule has 2 aliphatic heterocycles. The quantitative estimate of drug-likeness (QED) is 0.760. The van der Waals surface area contributed by atoms with Gasteiger partial charge >= 0.3 is 0 Å². The minimum Gasteiger partial charge on any atom is -0.490 e. The maximum Gasteiger partial charge on any atom is 0.224 e. The fourth-order valence-corrected chi connectivity index (χ4v) is 3.35. The van der Waals surface area contributed by atoms with Gasteiger partial charge in [-0.1, -0.05) is 0 Å². The summed E-state index contributed by atoms with van der Waals surface area (Å²) >= 11 is 6.03. The summed E-state index contributed by atoms with van der Waals surface area (Å²) in [6.07, 6.45) is 1.53. The number of anilines is 1. The van der Waals surface area contributed by atoms with Gasteiger partial charge in [0.2, 0.25) is 5.28 Å². The minimum absolute atomic E-state index is 0.0225. The van der Waals surface area contributed by atoms with Gasteiger partial charge in [-0.25, -0.2) is 9.97 Å². The highest BCUT2D eigenvalue weighted by Gasteiger charge is 2.24. The third kappa shape index (κ3) is 3.51. The second-order valence-corrected chi connectivity index (χ2v) is 6.69. The van der Waals surface area contributed by atoms with E-state index in [0.717, 1.165) is 43.0 Å². The fourth-order valence-electron chi connectivity index (χ4n) is 3.14. The molecule has 1 saturated heterocycles. The Bertz CT molecular complexity index is 968. The van der Waals surface area contributed by atoms with E-state index in [2.05, 4.69) is 14.9 Å². The Morgan fingerprint density at radius 1 is 1.15 bits per heavy atom. The second-order valence-electron chi connectivity index (χ2n) is 6.35. The Balaban J connectivity index is 1.42. The third-order valence-electron chi connectivity index (χ3n) is 4.66. The maximum absolute atomic E-state index is 7.71. The highest BCUT2D eigenvalue weighted by Crippen LogP contribution is 2.34. The summed E-state index contributed by atoms with van der Waals surface area (Å²) in [7, 11) is 0. The zero-order chi connectivity index (χ0) is 21.7. The van der Waals surface area contributed by atoms with Gasteiger partial charge in [0.25, 0.3) is 0 Å². The molecule has 6 nitrogen and oxygen atoms in total. The van der Waals surface area contributed by atoms with Gasteiger partial charge in [0.05, 0.1) is 5.48 Å². The van der Waals surface area contributed by atoms with E-state index in [1.165, 1.54) is 12.1 Å². The van der Waals surface area contributed by atoms with Crippen molar-refractivity contribution in [2.45, 2.75) is 32.8 Å². The number of ether oxygens (including phenoxy) is 3. The monoisotopic (exact) mass is 379 g/mol. The predicted molar refractivity (Wildman–Crippen MR) is 99.8 cm³/mol. The molecule has 0 atom stereocenters. The first kappa shape index (κ1) is 13.0. The number of hydrogen-bond donors (Lipinski definition) is 0. The van der Waals surface area contributed by atoms with Gasteiger partial charge < -0.3 is 19.1 Å². The molecule has 26 heavy (non-hydrogen) atoms. The Hall–Kier alpha value is -2.21. The van der Waals surface area contributed by atoms with Crippen LogP contribution in [-0.4, -0.2) is 42.3 Å². The van der Waals surface area contributed by atoms with Crippen molar-refractivity contribution in [3.05, 3.63) is 34.7 Å². The lowest BCUT2D eigenvalue weighted by atomic mass is 10.1. The number of benzene rings is 1. The number of fused-ring (bicyclic) bond motifs is 1. The number of rotatable bonds is 3. The molecule has 0 radical (unpaired) electrons. The zero-order valence-corrected chi connectivity index (χ0v) is 15.3. The van der Waals surface area contributed by atoms with Gasteiger partial charge in [-0.2, -0.15) is 0 Å². The van der Waals surface area contributed by atoms with Gasteiger partial charge in [0, 0.05) is 43.3 Å². The number of nitrogens with zero attached hydrogens (tertiary/aromatic N) is 3. The molecule has 0 aliphatic carbocycles. The van der Waals surface area contributed by atoms with Crippen molar-refractivity contribution >= 4 is 17.4 Å². The first-order chi connectivity index (χ1) is 14.1.